The van der Waals surface area contributed by atoms with Crippen LogP contribution < -0.4 is 0 Å². The third kappa shape index (κ3) is 4.83. The SMILES string of the molecule is FC(F)(F)c1ccc(-c2ccccc2CCCN2CCOCC2)cc1. The van der Waals surface area contributed by atoms with Crippen molar-refractivity contribution in [2.75, 3.05) is 32.8 Å². The van der Waals surface area contributed by atoms with Crippen molar-refractivity contribution < 1.29 is 17.9 Å². The van der Waals surface area contributed by atoms with Crippen molar-refractivity contribution in [3.05, 3.63) is 59.7 Å². The number of benzene rings is 2. The van der Waals surface area contributed by atoms with Gasteiger partial charge in [-0.2, -0.15) is 13.2 Å². The van der Waals surface area contributed by atoms with Crippen molar-refractivity contribution in [3.8, 4) is 11.1 Å². The summed E-state index contributed by atoms with van der Waals surface area (Å²) in [7, 11) is 0. The molecule has 5 heteroatoms. The van der Waals surface area contributed by atoms with Crippen molar-refractivity contribution in [3.63, 3.8) is 0 Å². The Morgan fingerprint density at radius 3 is 2.28 bits per heavy atom. The van der Waals surface area contributed by atoms with E-state index in [4.69, 9.17) is 4.74 Å². The Morgan fingerprint density at radius 1 is 0.920 bits per heavy atom. The molecule has 2 aromatic rings. The fraction of sp³-hybridized carbons (Fsp3) is 0.400. The number of morpholine rings is 1. The molecule has 0 radical (unpaired) electrons. The topological polar surface area (TPSA) is 12.5 Å². The smallest absolute Gasteiger partial charge is 0.379 e. The molecule has 0 spiro atoms. The zero-order valence-electron chi connectivity index (χ0n) is 14.1. The summed E-state index contributed by atoms with van der Waals surface area (Å²) in [4.78, 5) is 2.39. The summed E-state index contributed by atoms with van der Waals surface area (Å²) in [5.74, 6) is 0. The van der Waals surface area contributed by atoms with Gasteiger partial charge in [-0.15, -0.1) is 0 Å². The Morgan fingerprint density at radius 2 is 1.60 bits per heavy atom. The summed E-state index contributed by atoms with van der Waals surface area (Å²) in [6, 6.07) is 13.4. The molecule has 0 amide bonds. The highest BCUT2D eigenvalue weighted by Crippen LogP contribution is 2.32. The summed E-state index contributed by atoms with van der Waals surface area (Å²) in [5.41, 5.74) is 2.41. The normalized spacial score (nSPS) is 16.1. The van der Waals surface area contributed by atoms with Gasteiger partial charge in [0, 0.05) is 13.1 Å². The first-order chi connectivity index (χ1) is 12.0. The zero-order chi connectivity index (χ0) is 17.7. The van der Waals surface area contributed by atoms with Crippen LogP contribution in [0.3, 0.4) is 0 Å². The molecule has 1 aliphatic heterocycles. The summed E-state index contributed by atoms with van der Waals surface area (Å²) in [6.07, 6.45) is -2.36. The Labute approximate surface area is 146 Å². The average molecular weight is 349 g/mol. The molecular weight excluding hydrogens is 327 g/mol. The number of ether oxygens (including phenoxy) is 1. The number of aryl methyl sites for hydroxylation is 1. The molecule has 2 aromatic carbocycles. The van der Waals surface area contributed by atoms with Gasteiger partial charge in [0.1, 0.15) is 0 Å². The molecule has 3 rings (SSSR count). The fourth-order valence-electron chi connectivity index (χ4n) is 3.18. The highest BCUT2D eigenvalue weighted by molar-refractivity contribution is 5.67. The summed E-state index contributed by atoms with van der Waals surface area (Å²) >= 11 is 0. The Balaban J connectivity index is 1.68. The van der Waals surface area contributed by atoms with E-state index in [1.54, 1.807) is 12.1 Å². The molecule has 0 bridgehead atoms. The van der Waals surface area contributed by atoms with E-state index in [0.717, 1.165) is 68.9 Å². The van der Waals surface area contributed by atoms with Crippen molar-refractivity contribution in [1.82, 2.24) is 4.90 Å². The third-order valence-electron chi connectivity index (χ3n) is 4.56. The molecule has 1 fully saturated rings. The second kappa shape index (κ2) is 8.02. The molecule has 1 aliphatic rings. The van der Waals surface area contributed by atoms with E-state index < -0.39 is 11.7 Å². The van der Waals surface area contributed by atoms with Gasteiger partial charge in [-0.05, 0) is 48.2 Å². The van der Waals surface area contributed by atoms with Crippen LogP contribution in [0.2, 0.25) is 0 Å². The molecule has 0 saturated carbocycles. The van der Waals surface area contributed by atoms with Crippen LogP contribution in [-0.2, 0) is 17.3 Å². The van der Waals surface area contributed by atoms with Gasteiger partial charge in [-0.25, -0.2) is 0 Å². The second-order valence-electron chi connectivity index (χ2n) is 6.29. The van der Waals surface area contributed by atoms with Gasteiger partial charge >= 0.3 is 6.18 Å². The molecule has 0 unspecified atom stereocenters. The minimum Gasteiger partial charge on any atom is -0.379 e. The lowest BCUT2D eigenvalue weighted by atomic mass is 9.96. The first kappa shape index (κ1) is 18.0. The molecular formula is C20H22F3NO. The van der Waals surface area contributed by atoms with Crippen LogP contribution in [0.15, 0.2) is 48.5 Å². The van der Waals surface area contributed by atoms with E-state index in [1.165, 1.54) is 5.56 Å². The molecule has 25 heavy (non-hydrogen) atoms. The van der Waals surface area contributed by atoms with Gasteiger partial charge in [0.2, 0.25) is 0 Å². The monoisotopic (exact) mass is 349 g/mol. The number of halogens is 3. The quantitative estimate of drug-likeness (QED) is 0.780. The van der Waals surface area contributed by atoms with Crippen LogP contribution in [-0.4, -0.2) is 37.7 Å². The van der Waals surface area contributed by atoms with Crippen molar-refractivity contribution in [1.29, 1.82) is 0 Å². The lowest BCUT2D eigenvalue weighted by molar-refractivity contribution is -0.137. The van der Waals surface area contributed by atoms with E-state index in [9.17, 15) is 13.2 Å². The number of alkyl halides is 3. The predicted molar refractivity (Wildman–Crippen MR) is 92.5 cm³/mol. The molecule has 2 nitrogen and oxygen atoms in total. The van der Waals surface area contributed by atoms with Crippen LogP contribution in [0.5, 0.6) is 0 Å². The standard InChI is InChI=1S/C20H22F3NO/c21-20(22,23)18-9-7-17(8-10-18)19-6-2-1-4-16(19)5-3-11-24-12-14-25-15-13-24/h1-2,4,6-10H,3,5,11-15H2. The van der Waals surface area contributed by atoms with Gasteiger partial charge in [0.05, 0.1) is 18.8 Å². The predicted octanol–water partition coefficient (Wildman–Crippen LogP) is 4.64. The highest BCUT2D eigenvalue weighted by Gasteiger charge is 2.30. The van der Waals surface area contributed by atoms with E-state index in [2.05, 4.69) is 11.0 Å². The molecule has 0 aromatic heterocycles. The largest absolute Gasteiger partial charge is 0.416 e. The van der Waals surface area contributed by atoms with Crippen molar-refractivity contribution in [2.45, 2.75) is 19.0 Å². The van der Waals surface area contributed by atoms with Crippen LogP contribution in [0.4, 0.5) is 13.2 Å². The van der Waals surface area contributed by atoms with Gasteiger partial charge in [0.25, 0.3) is 0 Å². The maximum atomic E-state index is 12.7. The van der Waals surface area contributed by atoms with Gasteiger partial charge in [0.15, 0.2) is 0 Å². The van der Waals surface area contributed by atoms with Gasteiger partial charge in [-0.1, -0.05) is 36.4 Å². The Kier molecular flexibility index (Phi) is 5.76. The number of nitrogens with zero attached hydrogens (tertiary/aromatic N) is 1. The maximum absolute atomic E-state index is 12.7. The van der Waals surface area contributed by atoms with Crippen LogP contribution >= 0.6 is 0 Å². The first-order valence-electron chi connectivity index (χ1n) is 8.60. The number of rotatable bonds is 5. The highest BCUT2D eigenvalue weighted by atomic mass is 19.4. The summed E-state index contributed by atoms with van der Waals surface area (Å²) in [6.45, 7) is 4.55. The summed E-state index contributed by atoms with van der Waals surface area (Å²) in [5, 5.41) is 0. The fourth-order valence-corrected chi connectivity index (χ4v) is 3.18. The lowest BCUT2D eigenvalue weighted by Crippen LogP contribution is -2.36. The number of hydrogen-bond donors (Lipinski definition) is 0. The minimum absolute atomic E-state index is 0.610. The molecule has 0 N–H and O–H groups in total. The average Bonchev–Trinajstić information content (AvgIpc) is 2.62. The van der Waals surface area contributed by atoms with E-state index >= 15 is 0 Å². The van der Waals surface area contributed by atoms with Gasteiger partial charge in [-0.3, -0.25) is 4.90 Å². The summed E-state index contributed by atoms with van der Waals surface area (Å²) < 4.78 is 43.5. The van der Waals surface area contributed by atoms with E-state index in [1.807, 2.05) is 18.2 Å². The van der Waals surface area contributed by atoms with Crippen LogP contribution in [0, 0.1) is 0 Å². The van der Waals surface area contributed by atoms with Crippen molar-refractivity contribution >= 4 is 0 Å². The second-order valence-corrected chi connectivity index (χ2v) is 6.29. The molecule has 0 aliphatic carbocycles. The van der Waals surface area contributed by atoms with Crippen LogP contribution in [0.1, 0.15) is 17.5 Å². The first-order valence-corrected chi connectivity index (χ1v) is 8.60. The zero-order valence-corrected chi connectivity index (χ0v) is 14.1. The van der Waals surface area contributed by atoms with Gasteiger partial charge < -0.3 is 4.74 Å². The van der Waals surface area contributed by atoms with Crippen molar-refractivity contribution in [2.24, 2.45) is 0 Å². The third-order valence-corrected chi connectivity index (χ3v) is 4.56. The molecule has 134 valence electrons. The van der Waals surface area contributed by atoms with E-state index in [0.29, 0.717) is 0 Å². The molecule has 1 saturated heterocycles. The van der Waals surface area contributed by atoms with E-state index in [-0.39, 0.29) is 0 Å². The molecule has 0 atom stereocenters. The lowest BCUT2D eigenvalue weighted by Gasteiger charge is -2.26. The maximum Gasteiger partial charge on any atom is 0.416 e. The van der Waals surface area contributed by atoms with Crippen LogP contribution in [0.25, 0.3) is 11.1 Å². The Hall–Kier alpha value is -1.85. The number of hydrogen-bond acceptors (Lipinski definition) is 2. The molecule has 1 heterocycles. The Bertz CT molecular complexity index is 676. The minimum atomic E-state index is -4.30.